The Morgan fingerprint density at radius 1 is 1.41 bits per heavy atom. The highest BCUT2D eigenvalue weighted by Crippen LogP contribution is 2.41. The van der Waals surface area contributed by atoms with Crippen molar-refractivity contribution in [3.63, 3.8) is 0 Å². The molecule has 0 aliphatic heterocycles. The van der Waals surface area contributed by atoms with E-state index >= 15 is 0 Å². The topological polar surface area (TPSA) is 69.6 Å². The number of rotatable bonds is 4. The van der Waals surface area contributed by atoms with Crippen molar-refractivity contribution in [2.24, 2.45) is 0 Å². The molecule has 0 bridgehead atoms. The minimum atomic E-state index is 0.582. The van der Waals surface area contributed by atoms with Crippen LogP contribution in [0.5, 0.6) is 0 Å². The minimum Gasteiger partial charge on any atom is -0.381 e. The lowest BCUT2D eigenvalue weighted by Crippen LogP contribution is -2.07. The lowest BCUT2D eigenvalue weighted by atomic mass is 10.2. The molecular weight excluding hydrogens is 214 g/mol. The fourth-order valence-corrected chi connectivity index (χ4v) is 2.06. The molecule has 5 heteroatoms. The highest BCUT2D eigenvalue weighted by atomic mass is 15.4. The van der Waals surface area contributed by atoms with Crippen LogP contribution in [0.2, 0.25) is 0 Å². The van der Waals surface area contributed by atoms with Crippen LogP contribution in [-0.4, -0.2) is 20.0 Å². The largest absolute Gasteiger partial charge is 0.381 e. The average molecular weight is 229 g/mol. The first-order valence-corrected chi connectivity index (χ1v) is 5.92. The molecule has 88 valence electrons. The lowest BCUT2D eigenvalue weighted by molar-refractivity contribution is 0.564. The van der Waals surface area contributed by atoms with Gasteiger partial charge >= 0.3 is 0 Å². The van der Waals surface area contributed by atoms with Gasteiger partial charge in [-0.1, -0.05) is 11.3 Å². The Hall–Kier alpha value is -1.91. The Kier molecular flexibility index (Phi) is 2.51. The van der Waals surface area contributed by atoms with Gasteiger partial charge in [-0.05, 0) is 30.9 Å². The molecular formula is C12H15N5. The Morgan fingerprint density at radius 3 is 3.00 bits per heavy atom. The van der Waals surface area contributed by atoms with Gasteiger partial charge in [-0.25, -0.2) is 4.68 Å². The van der Waals surface area contributed by atoms with Crippen molar-refractivity contribution in [1.82, 2.24) is 20.0 Å². The Bertz CT molecular complexity index is 501. The van der Waals surface area contributed by atoms with E-state index in [1.165, 1.54) is 18.4 Å². The van der Waals surface area contributed by atoms with Crippen molar-refractivity contribution >= 4 is 5.82 Å². The molecule has 1 saturated carbocycles. The van der Waals surface area contributed by atoms with Gasteiger partial charge in [0.15, 0.2) is 5.82 Å². The summed E-state index contributed by atoms with van der Waals surface area (Å²) >= 11 is 0. The van der Waals surface area contributed by atoms with E-state index in [2.05, 4.69) is 21.4 Å². The van der Waals surface area contributed by atoms with Gasteiger partial charge in [0.1, 0.15) is 0 Å². The quantitative estimate of drug-likeness (QED) is 0.859. The molecule has 2 aromatic heterocycles. The molecule has 2 N–H and O–H groups in total. The van der Waals surface area contributed by atoms with E-state index in [-0.39, 0.29) is 0 Å². The van der Waals surface area contributed by atoms with Crippen LogP contribution in [0.1, 0.15) is 30.0 Å². The molecule has 2 heterocycles. The van der Waals surface area contributed by atoms with Gasteiger partial charge in [0.2, 0.25) is 0 Å². The number of aryl methyl sites for hydroxylation is 2. The molecule has 3 rings (SSSR count). The van der Waals surface area contributed by atoms with Gasteiger partial charge < -0.3 is 5.73 Å². The third-order valence-electron chi connectivity index (χ3n) is 3.10. The molecule has 0 unspecified atom stereocenters. The van der Waals surface area contributed by atoms with Gasteiger partial charge in [0.25, 0.3) is 0 Å². The summed E-state index contributed by atoms with van der Waals surface area (Å²) < 4.78 is 1.94. The summed E-state index contributed by atoms with van der Waals surface area (Å²) in [5.41, 5.74) is 8.18. The number of aromatic nitrogens is 4. The summed E-state index contributed by atoms with van der Waals surface area (Å²) in [5.74, 6) is 1.18. The van der Waals surface area contributed by atoms with Crippen molar-refractivity contribution in [3.05, 3.63) is 35.8 Å². The summed E-state index contributed by atoms with van der Waals surface area (Å²) in [6.45, 7) is 0.821. The summed E-state index contributed by atoms with van der Waals surface area (Å²) in [6, 6.07) is 4.02. The lowest BCUT2D eigenvalue weighted by Gasteiger charge is -2.05. The minimum absolute atomic E-state index is 0.582. The number of hydrogen-bond acceptors (Lipinski definition) is 4. The molecule has 0 saturated heterocycles. The first-order chi connectivity index (χ1) is 8.34. The van der Waals surface area contributed by atoms with Crippen molar-refractivity contribution in [1.29, 1.82) is 0 Å². The van der Waals surface area contributed by atoms with Gasteiger partial charge in [0, 0.05) is 24.9 Å². The van der Waals surface area contributed by atoms with Gasteiger partial charge in [0.05, 0.1) is 5.69 Å². The van der Waals surface area contributed by atoms with Crippen LogP contribution in [0, 0.1) is 0 Å². The van der Waals surface area contributed by atoms with Crippen LogP contribution in [-0.2, 0) is 13.0 Å². The average Bonchev–Trinajstić information content (AvgIpc) is 3.12. The van der Waals surface area contributed by atoms with E-state index in [0.717, 1.165) is 18.7 Å². The zero-order valence-electron chi connectivity index (χ0n) is 9.58. The Morgan fingerprint density at radius 2 is 2.29 bits per heavy atom. The summed E-state index contributed by atoms with van der Waals surface area (Å²) in [5, 5.41) is 8.08. The molecule has 17 heavy (non-hydrogen) atoms. The standard InChI is InChI=1S/C12H15N5/c13-12-11(10-3-4-10)17(16-15-12)7-5-9-2-1-6-14-8-9/h1-2,6,8,10H,3-5,7,13H2. The molecule has 0 radical (unpaired) electrons. The van der Waals surface area contributed by atoms with Crippen LogP contribution < -0.4 is 5.73 Å². The van der Waals surface area contributed by atoms with Crippen LogP contribution in [0.25, 0.3) is 0 Å². The second-order valence-corrected chi connectivity index (χ2v) is 4.47. The van der Waals surface area contributed by atoms with Crippen molar-refractivity contribution < 1.29 is 0 Å². The molecule has 0 aromatic carbocycles. The molecule has 0 amide bonds. The predicted molar refractivity (Wildman–Crippen MR) is 64.4 cm³/mol. The second kappa shape index (κ2) is 4.16. The predicted octanol–water partition coefficient (Wildman–Crippen LogP) is 1.38. The molecule has 2 aromatic rings. The van der Waals surface area contributed by atoms with E-state index in [4.69, 9.17) is 5.73 Å². The number of hydrogen-bond donors (Lipinski definition) is 1. The van der Waals surface area contributed by atoms with E-state index in [1.54, 1.807) is 6.20 Å². The van der Waals surface area contributed by atoms with E-state index in [0.29, 0.717) is 11.7 Å². The van der Waals surface area contributed by atoms with Gasteiger partial charge in [-0.3, -0.25) is 4.98 Å². The van der Waals surface area contributed by atoms with Gasteiger partial charge in [-0.2, -0.15) is 0 Å². The summed E-state index contributed by atoms with van der Waals surface area (Å²) in [4.78, 5) is 4.10. The van der Waals surface area contributed by atoms with E-state index in [1.807, 2.05) is 16.9 Å². The molecule has 0 atom stereocenters. The fraction of sp³-hybridized carbons (Fsp3) is 0.417. The van der Waals surface area contributed by atoms with Crippen molar-refractivity contribution in [2.45, 2.75) is 31.7 Å². The number of anilines is 1. The maximum atomic E-state index is 5.84. The van der Waals surface area contributed by atoms with E-state index < -0.39 is 0 Å². The first-order valence-electron chi connectivity index (χ1n) is 5.92. The monoisotopic (exact) mass is 229 g/mol. The summed E-state index contributed by atoms with van der Waals surface area (Å²) in [7, 11) is 0. The van der Waals surface area contributed by atoms with Crippen molar-refractivity contribution in [3.8, 4) is 0 Å². The normalized spacial score (nSPS) is 15.1. The number of nitrogens with two attached hydrogens (primary N) is 1. The zero-order chi connectivity index (χ0) is 11.7. The Labute approximate surface area is 99.7 Å². The highest BCUT2D eigenvalue weighted by Gasteiger charge is 2.30. The van der Waals surface area contributed by atoms with E-state index in [9.17, 15) is 0 Å². The van der Waals surface area contributed by atoms with Crippen LogP contribution in [0.3, 0.4) is 0 Å². The second-order valence-electron chi connectivity index (χ2n) is 4.47. The van der Waals surface area contributed by atoms with Crippen LogP contribution in [0.15, 0.2) is 24.5 Å². The smallest absolute Gasteiger partial charge is 0.169 e. The molecule has 1 fully saturated rings. The zero-order valence-corrected chi connectivity index (χ0v) is 9.58. The maximum absolute atomic E-state index is 5.84. The maximum Gasteiger partial charge on any atom is 0.169 e. The molecule has 1 aliphatic carbocycles. The third kappa shape index (κ3) is 2.13. The summed E-state index contributed by atoms with van der Waals surface area (Å²) in [6.07, 6.45) is 7.01. The van der Waals surface area contributed by atoms with Crippen molar-refractivity contribution in [2.75, 3.05) is 5.73 Å². The molecule has 1 aliphatic rings. The number of nitrogens with zero attached hydrogens (tertiary/aromatic N) is 4. The highest BCUT2D eigenvalue weighted by molar-refractivity contribution is 5.38. The number of pyridine rings is 1. The first kappa shape index (κ1) is 10.3. The van der Waals surface area contributed by atoms with Crippen LogP contribution >= 0.6 is 0 Å². The van der Waals surface area contributed by atoms with Crippen LogP contribution in [0.4, 0.5) is 5.82 Å². The SMILES string of the molecule is Nc1nnn(CCc2cccnc2)c1C1CC1. The fourth-order valence-electron chi connectivity index (χ4n) is 2.06. The molecule has 5 nitrogen and oxygen atoms in total. The Balaban J connectivity index is 1.73. The third-order valence-corrected chi connectivity index (χ3v) is 3.10. The van der Waals surface area contributed by atoms with Gasteiger partial charge in [-0.15, -0.1) is 5.10 Å². The molecule has 0 spiro atoms. The number of nitrogen functional groups attached to an aromatic ring is 1.